The number of nitrogens with zero attached hydrogens (tertiary/aromatic N) is 4. The molecule has 2 rings (SSSR count). The first-order chi connectivity index (χ1) is 7.38. The molecule has 0 amide bonds. The molecule has 6 nitrogen and oxygen atoms in total. The van der Waals surface area contributed by atoms with Gasteiger partial charge in [-0.15, -0.1) is 0 Å². The maximum Gasteiger partial charge on any atom is 0.213 e. The Morgan fingerprint density at radius 1 is 1.47 bits per heavy atom. The van der Waals surface area contributed by atoms with Gasteiger partial charge in [0.2, 0.25) is 6.39 Å². The standard InChI is InChI=1S/C9H13N5O/c1-2-14-6-8(4-12-14)3-10-5-9-11-7-15-13-9/h4,6-7,10H,2-3,5H2,1H3. The third-order valence-electron chi connectivity index (χ3n) is 2.03. The highest BCUT2D eigenvalue weighted by Gasteiger charge is 1.99. The van der Waals surface area contributed by atoms with Crippen LogP contribution in [0.1, 0.15) is 18.3 Å². The third kappa shape index (κ3) is 2.63. The van der Waals surface area contributed by atoms with Crippen molar-refractivity contribution >= 4 is 0 Å². The Balaban J connectivity index is 1.78. The molecular weight excluding hydrogens is 194 g/mol. The van der Waals surface area contributed by atoms with Gasteiger partial charge in [-0.1, -0.05) is 5.16 Å². The summed E-state index contributed by atoms with van der Waals surface area (Å²) in [4.78, 5) is 3.91. The van der Waals surface area contributed by atoms with Gasteiger partial charge in [-0.2, -0.15) is 10.1 Å². The van der Waals surface area contributed by atoms with Crippen LogP contribution in [0.4, 0.5) is 0 Å². The SMILES string of the molecule is CCn1cc(CNCc2ncon2)cn1. The molecule has 80 valence electrons. The van der Waals surface area contributed by atoms with Crippen LogP contribution in [0.5, 0.6) is 0 Å². The fourth-order valence-corrected chi connectivity index (χ4v) is 1.26. The van der Waals surface area contributed by atoms with Crippen LogP contribution in [0.15, 0.2) is 23.3 Å². The quantitative estimate of drug-likeness (QED) is 0.776. The van der Waals surface area contributed by atoms with E-state index in [1.54, 1.807) is 0 Å². The summed E-state index contributed by atoms with van der Waals surface area (Å²) in [7, 11) is 0. The van der Waals surface area contributed by atoms with Gasteiger partial charge in [-0.3, -0.25) is 4.68 Å². The number of aryl methyl sites for hydroxylation is 1. The minimum atomic E-state index is 0.605. The lowest BCUT2D eigenvalue weighted by molar-refractivity contribution is 0.407. The van der Waals surface area contributed by atoms with E-state index in [0.29, 0.717) is 12.4 Å². The van der Waals surface area contributed by atoms with Crippen LogP contribution in [0.2, 0.25) is 0 Å². The zero-order valence-corrected chi connectivity index (χ0v) is 8.55. The Hall–Kier alpha value is -1.69. The molecule has 0 atom stereocenters. The molecule has 0 aliphatic carbocycles. The van der Waals surface area contributed by atoms with Gasteiger partial charge in [0.05, 0.1) is 12.7 Å². The highest BCUT2D eigenvalue weighted by molar-refractivity contribution is 5.03. The molecule has 0 bridgehead atoms. The molecule has 0 aromatic carbocycles. The summed E-state index contributed by atoms with van der Waals surface area (Å²) >= 11 is 0. The van der Waals surface area contributed by atoms with Crippen molar-refractivity contribution in [2.24, 2.45) is 0 Å². The first-order valence-electron chi connectivity index (χ1n) is 4.85. The minimum Gasteiger partial charge on any atom is -0.343 e. The summed E-state index contributed by atoms with van der Waals surface area (Å²) in [5.41, 5.74) is 1.15. The molecule has 0 spiro atoms. The van der Waals surface area contributed by atoms with Crippen LogP contribution < -0.4 is 5.32 Å². The predicted octanol–water partition coefficient (Wildman–Crippen LogP) is 0.576. The smallest absolute Gasteiger partial charge is 0.213 e. The number of hydrogen-bond donors (Lipinski definition) is 1. The van der Waals surface area contributed by atoms with E-state index in [0.717, 1.165) is 18.7 Å². The minimum absolute atomic E-state index is 0.605. The largest absolute Gasteiger partial charge is 0.343 e. The maximum absolute atomic E-state index is 4.62. The van der Waals surface area contributed by atoms with Crippen LogP contribution in [-0.4, -0.2) is 19.9 Å². The van der Waals surface area contributed by atoms with Crippen LogP contribution in [0.3, 0.4) is 0 Å². The Kier molecular flexibility index (Phi) is 3.08. The van der Waals surface area contributed by atoms with E-state index in [1.807, 2.05) is 17.1 Å². The first-order valence-corrected chi connectivity index (χ1v) is 4.85. The Morgan fingerprint density at radius 2 is 2.40 bits per heavy atom. The second-order valence-electron chi connectivity index (χ2n) is 3.16. The topological polar surface area (TPSA) is 68.8 Å². The van der Waals surface area contributed by atoms with Crippen LogP contribution in [0, 0.1) is 0 Å². The average molecular weight is 207 g/mol. The summed E-state index contributed by atoms with van der Waals surface area (Å²) in [5, 5.41) is 11.1. The molecule has 0 aliphatic rings. The average Bonchev–Trinajstić information content (AvgIpc) is 2.88. The van der Waals surface area contributed by atoms with E-state index in [-0.39, 0.29) is 0 Å². The van der Waals surface area contributed by atoms with Gasteiger partial charge in [0.15, 0.2) is 5.82 Å². The van der Waals surface area contributed by atoms with Gasteiger partial charge in [-0.25, -0.2) is 0 Å². The van der Waals surface area contributed by atoms with Gasteiger partial charge in [-0.05, 0) is 6.92 Å². The zero-order valence-electron chi connectivity index (χ0n) is 8.55. The third-order valence-corrected chi connectivity index (χ3v) is 2.03. The van der Waals surface area contributed by atoms with Gasteiger partial charge in [0.25, 0.3) is 0 Å². The van der Waals surface area contributed by atoms with Crippen LogP contribution in [0.25, 0.3) is 0 Å². The molecule has 0 radical (unpaired) electrons. The fraction of sp³-hybridized carbons (Fsp3) is 0.444. The van der Waals surface area contributed by atoms with Crippen LogP contribution >= 0.6 is 0 Å². The normalized spacial score (nSPS) is 10.7. The summed E-state index contributed by atoms with van der Waals surface area (Å²) in [5.74, 6) is 0.665. The molecule has 6 heteroatoms. The van der Waals surface area contributed by atoms with E-state index in [1.165, 1.54) is 6.39 Å². The molecule has 2 heterocycles. The van der Waals surface area contributed by atoms with Crippen molar-refractivity contribution in [1.82, 2.24) is 25.2 Å². The van der Waals surface area contributed by atoms with Crippen molar-refractivity contribution in [3.05, 3.63) is 30.2 Å². The van der Waals surface area contributed by atoms with Crippen molar-refractivity contribution in [3.63, 3.8) is 0 Å². The fourth-order valence-electron chi connectivity index (χ4n) is 1.26. The van der Waals surface area contributed by atoms with Gasteiger partial charge < -0.3 is 9.84 Å². The highest BCUT2D eigenvalue weighted by Crippen LogP contribution is 1.97. The molecule has 15 heavy (non-hydrogen) atoms. The lowest BCUT2D eigenvalue weighted by Gasteiger charge is -1.97. The summed E-state index contributed by atoms with van der Waals surface area (Å²) < 4.78 is 6.52. The molecule has 0 saturated carbocycles. The van der Waals surface area contributed by atoms with Gasteiger partial charge in [0, 0.05) is 24.8 Å². The Morgan fingerprint density at radius 3 is 3.07 bits per heavy atom. The Labute approximate surface area is 87.3 Å². The second kappa shape index (κ2) is 4.70. The van der Waals surface area contributed by atoms with Crippen LogP contribution in [-0.2, 0) is 19.6 Å². The monoisotopic (exact) mass is 207 g/mol. The highest BCUT2D eigenvalue weighted by atomic mass is 16.5. The number of aromatic nitrogens is 4. The van der Waals surface area contributed by atoms with Crippen molar-refractivity contribution in [2.45, 2.75) is 26.6 Å². The molecule has 2 aromatic rings. The second-order valence-corrected chi connectivity index (χ2v) is 3.16. The van der Waals surface area contributed by atoms with Crippen molar-refractivity contribution in [2.75, 3.05) is 0 Å². The van der Waals surface area contributed by atoms with Crippen molar-refractivity contribution in [1.29, 1.82) is 0 Å². The molecule has 0 saturated heterocycles. The van der Waals surface area contributed by atoms with Crippen molar-refractivity contribution < 1.29 is 4.52 Å². The number of hydrogen-bond acceptors (Lipinski definition) is 5. The maximum atomic E-state index is 4.62. The zero-order chi connectivity index (χ0) is 10.5. The first kappa shape index (κ1) is 9.85. The number of rotatable bonds is 5. The molecule has 1 N–H and O–H groups in total. The molecule has 0 fully saturated rings. The lowest BCUT2D eigenvalue weighted by Crippen LogP contribution is -2.13. The van der Waals surface area contributed by atoms with E-state index in [9.17, 15) is 0 Å². The lowest BCUT2D eigenvalue weighted by atomic mass is 10.3. The van der Waals surface area contributed by atoms with E-state index in [2.05, 4.69) is 32.0 Å². The van der Waals surface area contributed by atoms with E-state index in [4.69, 9.17) is 0 Å². The molecule has 2 aromatic heterocycles. The van der Waals surface area contributed by atoms with Gasteiger partial charge >= 0.3 is 0 Å². The van der Waals surface area contributed by atoms with Gasteiger partial charge in [0.1, 0.15) is 0 Å². The van der Waals surface area contributed by atoms with Crippen molar-refractivity contribution in [3.8, 4) is 0 Å². The molecule has 0 unspecified atom stereocenters. The summed E-state index contributed by atoms with van der Waals surface area (Å²) in [6.07, 6.45) is 5.20. The predicted molar refractivity (Wildman–Crippen MR) is 52.7 cm³/mol. The summed E-state index contributed by atoms with van der Waals surface area (Å²) in [6.45, 7) is 4.32. The molecule has 0 aliphatic heterocycles. The van der Waals surface area contributed by atoms with E-state index < -0.39 is 0 Å². The summed E-state index contributed by atoms with van der Waals surface area (Å²) in [6, 6.07) is 0. The molecular formula is C9H13N5O. The number of nitrogens with one attached hydrogen (secondary N) is 1. The Bertz CT molecular complexity index is 394. The van der Waals surface area contributed by atoms with E-state index >= 15 is 0 Å².